The van der Waals surface area contributed by atoms with Crippen molar-refractivity contribution in [2.24, 2.45) is 0 Å². The van der Waals surface area contributed by atoms with Crippen LogP contribution in [0.3, 0.4) is 0 Å². The maximum atomic E-state index is 12.4. The van der Waals surface area contributed by atoms with Crippen molar-refractivity contribution in [3.05, 3.63) is 30.1 Å². The van der Waals surface area contributed by atoms with E-state index >= 15 is 0 Å². The molecular formula is C7H6FIN2O. The van der Waals surface area contributed by atoms with Gasteiger partial charge in [-0.3, -0.25) is 3.53 Å². The van der Waals surface area contributed by atoms with Crippen LogP contribution in [0.15, 0.2) is 24.3 Å². The van der Waals surface area contributed by atoms with Crippen LogP contribution < -0.4 is 8.85 Å². The molecule has 2 amide bonds. The molecule has 0 unspecified atom stereocenters. The molecule has 0 saturated heterocycles. The van der Waals surface area contributed by atoms with Crippen molar-refractivity contribution in [3.63, 3.8) is 0 Å². The summed E-state index contributed by atoms with van der Waals surface area (Å²) in [4.78, 5) is 10.7. The lowest BCUT2D eigenvalue weighted by molar-refractivity contribution is 0.258. The van der Waals surface area contributed by atoms with Crippen LogP contribution in [0, 0.1) is 5.82 Å². The molecule has 0 aromatic heterocycles. The molecule has 12 heavy (non-hydrogen) atoms. The van der Waals surface area contributed by atoms with Gasteiger partial charge in [0.1, 0.15) is 5.82 Å². The first-order chi connectivity index (χ1) is 5.72. The molecule has 0 aliphatic heterocycles. The Hall–Kier alpha value is -0.850. The Morgan fingerprint density at radius 2 is 1.92 bits per heavy atom. The molecule has 2 N–H and O–H groups in total. The molecule has 64 valence electrons. The number of hydrogen-bond acceptors (Lipinski definition) is 1. The minimum Gasteiger partial charge on any atom is -0.307 e. The van der Waals surface area contributed by atoms with Crippen LogP contribution in [0.5, 0.6) is 0 Å². The number of carbonyl (C=O) groups is 1. The molecule has 0 atom stereocenters. The number of urea groups is 1. The van der Waals surface area contributed by atoms with Gasteiger partial charge in [-0.05, 0) is 24.3 Å². The number of hydrogen-bond donors (Lipinski definition) is 2. The molecule has 1 aromatic carbocycles. The van der Waals surface area contributed by atoms with Crippen molar-refractivity contribution in [2.75, 3.05) is 5.32 Å². The smallest absolute Gasteiger partial charge is 0.307 e. The van der Waals surface area contributed by atoms with Crippen molar-refractivity contribution >= 4 is 34.6 Å². The van der Waals surface area contributed by atoms with E-state index in [9.17, 15) is 9.18 Å². The van der Waals surface area contributed by atoms with Crippen LogP contribution in [-0.4, -0.2) is 6.03 Å². The Balaban J connectivity index is 2.64. The molecule has 0 spiro atoms. The van der Waals surface area contributed by atoms with E-state index in [1.165, 1.54) is 24.3 Å². The molecule has 0 aliphatic rings. The second-order valence-corrected chi connectivity index (χ2v) is 2.59. The normalized spacial score (nSPS) is 9.17. The summed E-state index contributed by atoms with van der Waals surface area (Å²) in [5.41, 5.74) is 0.561. The Labute approximate surface area is 82.8 Å². The number of rotatable bonds is 1. The molecule has 0 bridgehead atoms. The summed E-state index contributed by atoms with van der Waals surface area (Å²) in [7, 11) is 0. The lowest BCUT2D eigenvalue weighted by Crippen LogP contribution is -2.19. The lowest BCUT2D eigenvalue weighted by atomic mass is 10.3. The average Bonchev–Trinajstić information content (AvgIpc) is 2.09. The molecular weight excluding hydrogens is 274 g/mol. The first-order valence-electron chi connectivity index (χ1n) is 3.15. The van der Waals surface area contributed by atoms with E-state index in [1.807, 2.05) is 0 Å². The Morgan fingerprint density at radius 3 is 2.42 bits per heavy atom. The van der Waals surface area contributed by atoms with E-state index in [-0.39, 0.29) is 11.8 Å². The van der Waals surface area contributed by atoms with Crippen molar-refractivity contribution in [1.29, 1.82) is 0 Å². The Bertz CT molecular complexity index is 275. The average molecular weight is 280 g/mol. The summed E-state index contributed by atoms with van der Waals surface area (Å²) in [6.07, 6.45) is 0. The molecule has 1 rings (SSSR count). The standard InChI is InChI=1S/C7H6FIN2O/c8-5-1-3-6(4-2-5)10-7(12)11-9/h1-4H,(H2,10,11,12). The summed E-state index contributed by atoms with van der Waals surface area (Å²) >= 11 is 1.71. The maximum Gasteiger partial charge on any atom is 0.327 e. The molecule has 5 heteroatoms. The van der Waals surface area contributed by atoms with Gasteiger partial charge in [-0.1, -0.05) is 0 Å². The van der Waals surface area contributed by atoms with E-state index in [0.717, 1.165) is 0 Å². The second-order valence-electron chi connectivity index (χ2n) is 2.06. The lowest BCUT2D eigenvalue weighted by Gasteiger charge is -2.01. The Morgan fingerprint density at radius 1 is 1.33 bits per heavy atom. The zero-order valence-corrected chi connectivity index (χ0v) is 8.13. The third-order valence-corrected chi connectivity index (χ3v) is 1.68. The number of anilines is 1. The number of carbonyl (C=O) groups excluding carboxylic acids is 1. The van der Waals surface area contributed by atoms with Gasteiger partial charge in [-0.2, -0.15) is 0 Å². The van der Waals surface area contributed by atoms with Crippen LogP contribution in [0.25, 0.3) is 0 Å². The zero-order valence-electron chi connectivity index (χ0n) is 5.97. The number of nitrogens with one attached hydrogen (secondary N) is 2. The van der Waals surface area contributed by atoms with Gasteiger partial charge in [0, 0.05) is 5.69 Å². The van der Waals surface area contributed by atoms with Crippen LogP contribution in [-0.2, 0) is 0 Å². The predicted molar refractivity (Wildman–Crippen MR) is 52.6 cm³/mol. The summed E-state index contributed by atoms with van der Waals surface area (Å²) in [5.74, 6) is -0.324. The van der Waals surface area contributed by atoms with Crippen LogP contribution >= 0.6 is 22.9 Å². The fourth-order valence-corrected chi connectivity index (χ4v) is 0.823. The molecule has 0 fully saturated rings. The first-order valence-corrected chi connectivity index (χ1v) is 4.23. The van der Waals surface area contributed by atoms with E-state index < -0.39 is 0 Å². The van der Waals surface area contributed by atoms with Gasteiger partial charge >= 0.3 is 6.03 Å². The summed E-state index contributed by atoms with van der Waals surface area (Å²) in [6, 6.07) is 5.20. The fourth-order valence-electron chi connectivity index (χ4n) is 0.688. The fraction of sp³-hybridized carbons (Fsp3) is 0. The van der Waals surface area contributed by atoms with E-state index in [4.69, 9.17) is 0 Å². The highest BCUT2D eigenvalue weighted by molar-refractivity contribution is 14.1. The van der Waals surface area contributed by atoms with Gasteiger partial charge in [-0.25, -0.2) is 9.18 Å². The molecule has 3 nitrogen and oxygen atoms in total. The van der Waals surface area contributed by atoms with Gasteiger partial charge < -0.3 is 5.32 Å². The van der Waals surface area contributed by atoms with Crippen molar-refractivity contribution < 1.29 is 9.18 Å². The van der Waals surface area contributed by atoms with E-state index in [2.05, 4.69) is 8.85 Å². The molecule has 0 saturated carbocycles. The van der Waals surface area contributed by atoms with Crippen molar-refractivity contribution in [1.82, 2.24) is 3.53 Å². The predicted octanol–water partition coefficient (Wildman–Crippen LogP) is 2.30. The minimum atomic E-state index is -0.331. The van der Waals surface area contributed by atoms with E-state index in [0.29, 0.717) is 5.69 Å². The summed E-state index contributed by atoms with van der Waals surface area (Å²) < 4.78 is 14.7. The third-order valence-electron chi connectivity index (χ3n) is 1.19. The van der Waals surface area contributed by atoms with Crippen molar-refractivity contribution in [2.45, 2.75) is 0 Å². The van der Waals surface area contributed by atoms with Gasteiger partial charge in [-0.15, -0.1) is 0 Å². The molecule has 1 aromatic rings. The number of halogens is 2. The third kappa shape index (κ3) is 2.65. The summed E-state index contributed by atoms with van der Waals surface area (Å²) in [6.45, 7) is 0. The second kappa shape index (κ2) is 4.24. The number of benzene rings is 1. The van der Waals surface area contributed by atoms with Crippen molar-refractivity contribution in [3.8, 4) is 0 Å². The van der Waals surface area contributed by atoms with Gasteiger partial charge in [0.15, 0.2) is 0 Å². The monoisotopic (exact) mass is 280 g/mol. The topological polar surface area (TPSA) is 41.1 Å². The SMILES string of the molecule is O=C(NI)Nc1ccc(F)cc1. The zero-order chi connectivity index (χ0) is 8.97. The number of amides is 2. The molecule has 0 radical (unpaired) electrons. The van der Waals surface area contributed by atoms with Crippen LogP contribution in [0.4, 0.5) is 14.9 Å². The maximum absolute atomic E-state index is 12.4. The van der Waals surface area contributed by atoms with Gasteiger partial charge in [0.25, 0.3) is 0 Å². The first kappa shape index (κ1) is 9.24. The minimum absolute atomic E-state index is 0.324. The van der Waals surface area contributed by atoms with Gasteiger partial charge in [0.05, 0.1) is 22.9 Å². The molecule has 0 aliphatic carbocycles. The highest BCUT2D eigenvalue weighted by Crippen LogP contribution is 2.07. The Kier molecular flexibility index (Phi) is 3.27. The van der Waals surface area contributed by atoms with Crippen LogP contribution in [0.1, 0.15) is 0 Å². The molecule has 0 heterocycles. The largest absolute Gasteiger partial charge is 0.327 e. The summed E-state index contributed by atoms with van der Waals surface area (Å²) in [5, 5.41) is 2.49. The van der Waals surface area contributed by atoms with E-state index in [1.54, 1.807) is 22.9 Å². The van der Waals surface area contributed by atoms with Gasteiger partial charge in [0.2, 0.25) is 0 Å². The quantitative estimate of drug-likeness (QED) is 0.601. The highest BCUT2D eigenvalue weighted by Gasteiger charge is 1.97. The highest BCUT2D eigenvalue weighted by atomic mass is 127. The van der Waals surface area contributed by atoms with Crippen LogP contribution in [0.2, 0.25) is 0 Å².